The summed E-state index contributed by atoms with van der Waals surface area (Å²) in [4.78, 5) is 38.4. The Morgan fingerprint density at radius 1 is 1.03 bits per heavy atom. The summed E-state index contributed by atoms with van der Waals surface area (Å²) in [6, 6.07) is 14.1. The normalized spacial score (nSPS) is 14.6. The minimum Gasteiger partial charge on any atom is -0.370 e. The largest absolute Gasteiger partial charge is 0.370 e. The summed E-state index contributed by atoms with van der Waals surface area (Å²) in [6.45, 7) is 3.23. The van der Waals surface area contributed by atoms with Crippen LogP contribution < -0.4 is 21.3 Å². The van der Waals surface area contributed by atoms with Gasteiger partial charge in [-0.25, -0.2) is 0 Å². The lowest BCUT2D eigenvalue weighted by atomic mass is 10.0. The van der Waals surface area contributed by atoms with Crippen LogP contribution in [0.5, 0.6) is 0 Å². The van der Waals surface area contributed by atoms with Gasteiger partial charge in [0.05, 0.1) is 23.8 Å². The van der Waals surface area contributed by atoms with Crippen LogP contribution >= 0.6 is 0 Å². The highest BCUT2D eigenvalue weighted by atomic mass is 16.2. The molecule has 1 saturated heterocycles. The fraction of sp³-hybridized carbons (Fsp3) is 0.348. The SMILES string of the molecule is CC(=O)NC(CC(=O)Nc1cc(C(N)=O)ccc1N1CCCCC1)c1ccccc1. The average molecular weight is 409 g/mol. The van der Waals surface area contributed by atoms with Gasteiger partial charge in [0.15, 0.2) is 0 Å². The molecular formula is C23H28N4O3. The summed E-state index contributed by atoms with van der Waals surface area (Å²) in [5.41, 5.74) is 8.07. The summed E-state index contributed by atoms with van der Waals surface area (Å²) in [7, 11) is 0. The first-order chi connectivity index (χ1) is 14.4. The van der Waals surface area contributed by atoms with Crippen LogP contribution in [-0.4, -0.2) is 30.8 Å². The number of rotatable bonds is 7. The molecule has 1 aliphatic heterocycles. The van der Waals surface area contributed by atoms with Crippen LogP contribution in [0, 0.1) is 0 Å². The molecule has 0 spiro atoms. The van der Waals surface area contributed by atoms with Crippen LogP contribution in [0.2, 0.25) is 0 Å². The third-order valence-corrected chi connectivity index (χ3v) is 5.22. The zero-order valence-electron chi connectivity index (χ0n) is 17.2. The highest BCUT2D eigenvalue weighted by molar-refractivity contribution is 5.99. The molecule has 2 aromatic carbocycles. The molecule has 7 nitrogen and oxygen atoms in total. The molecule has 0 bridgehead atoms. The van der Waals surface area contributed by atoms with Gasteiger partial charge in [-0.15, -0.1) is 0 Å². The highest BCUT2D eigenvalue weighted by Crippen LogP contribution is 2.30. The molecule has 3 rings (SSSR count). The second-order valence-electron chi connectivity index (χ2n) is 7.56. The average Bonchev–Trinajstić information content (AvgIpc) is 2.74. The predicted molar refractivity (Wildman–Crippen MR) is 117 cm³/mol. The van der Waals surface area contributed by atoms with Crippen LogP contribution in [0.4, 0.5) is 11.4 Å². The van der Waals surface area contributed by atoms with Crippen molar-refractivity contribution in [1.82, 2.24) is 5.32 Å². The summed E-state index contributed by atoms with van der Waals surface area (Å²) in [5, 5.41) is 5.77. The molecule has 0 aliphatic carbocycles. The Hall–Kier alpha value is -3.35. The highest BCUT2D eigenvalue weighted by Gasteiger charge is 2.20. The maximum atomic E-state index is 12.9. The number of amides is 3. The van der Waals surface area contributed by atoms with E-state index < -0.39 is 11.9 Å². The van der Waals surface area contributed by atoms with E-state index in [-0.39, 0.29) is 18.2 Å². The Balaban J connectivity index is 1.82. The molecule has 1 unspecified atom stereocenters. The standard InChI is InChI=1S/C23H28N4O3/c1-16(28)25-19(17-8-4-2-5-9-17)15-22(29)26-20-14-18(23(24)30)10-11-21(20)27-12-6-3-7-13-27/h2,4-5,8-11,14,19H,3,6-7,12-13,15H2,1H3,(H2,24,30)(H,25,28)(H,26,29). The van der Waals surface area contributed by atoms with E-state index in [1.54, 1.807) is 12.1 Å². The number of nitrogens with one attached hydrogen (secondary N) is 2. The van der Waals surface area contributed by atoms with Crippen molar-refractivity contribution in [3.63, 3.8) is 0 Å². The van der Waals surface area contributed by atoms with E-state index in [9.17, 15) is 14.4 Å². The van der Waals surface area contributed by atoms with Crippen LogP contribution in [-0.2, 0) is 9.59 Å². The van der Waals surface area contributed by atoms with Crippen molar-refractivity contribution in [2.75, 3.05) is 23.3 Å². The van der Waals surface area contributed by atoms with E-state index in [2.05, 4.69) is 15.5 Å². The van der Waals surface area contributed by atoms with Crippen LogP contribution in [0.1, 0.15) is 54.6 Å². The predicted octanol–water partition coefficient (Wildman–Crippen LogP) is 2.98. The van der Waals surface area contributed by atoms with E-state index in [0.717, 1.165) is 37.2 Å². The van der Waals surface area contributed by atoms with Crippen molar-refractivity contribution in [3.8, 4) is 0 Å². The smallest absolute Gasteiger partial charge is 0.248 e. The van der Waals surface area contributed by atoms with Crippen molar-refractivity contribution in [2.24, 2.45) is 5.73 Å². The number of piperidine rings is 1. The summed E-state index contributed by atoms with van der Waals surface area (Å²) < 4.78 is 0. The topological polar surface area (TPSA) is 105 Å². The number of primary amides is 1. The molecule has 0 saturated carbocycles. The first-order valence-corrected chi connectivity index (χ1v) is 10.2. The van der Waals surface area contributed by atoms with Crippen LogP contribution in [0.15, 0.2) is 48.5 Å². The monoisotopic (exact) mass is 408 g/mol. The number of nitrogens with zero attached hydrogens (tertiary/aromatic N) is 1. The van der Waals surface area contributed by atoms with Crippen LogP contribution in [0.25, 0.3) is 0 Å². The molecule has 1 atom stereocenters. The maximum absolute atomic E-state index is 12.9. The van der Waals surface area contributed by atoms with Gasteiger partial charge in [-0.1, -0.05) is 30.3 Å². The molecule has 1 fully saturated rings. The number of hydrogen-bond acceptors (Lipinski definition) is 4. The van der Waals surface area contributed by atoms with E-state index in [4.69, 9.17) is 5.73 Å². The molecule has 2 aromatic rings. The minimum absolute atomic E-state index is 0.0732. The van der Waals surface area contributed by atoms with Crippen molar-refractivity contribution in [2.45, 2.75) is 38.6 Å². The number of carbonyl (C=O) groups is 3. The lowest BCUT2D eigenvalue weighted by molar-refractivity contribution is -0.120. The number of hydrogen-bond donors (Lipinski definition) is 3. The van der Waals surface area contributed by atoms with Crippen molar-refractivity contribution >= 4 is 29.1 Å². The number of nitrogens with two attached hydrogens (primary N) is 1. The molecule has 1 aliphatic rings. The van der Waals surface area contributed by atoms with Gasteiger partial charge in [-0.3, -0.25) is 14.4 Å². The first-order valence-electron chi connectivity index (χ1n) is 10.2. The number of carbonyl (C=O) groups excluding carboxylic acids is 3. The van der Waals surface area contributed by atoms with Crippen molar-refractivity contribution in [3.05, 3.63) is 59.7 Å². The van der Waals surface area contributed by atoms with Crippen molar-refractivity contribution in [1.29, 1.82) is 0 Å². The van der Waals surface area contributed by atoms with E-state index >= 15 is 0 Å². The lowest BCUT2D eigenvalue weighted by Crippen LogP contribution is -2.32. The molecule has 3 amide bonds. The zero-order valence-corrected chi connectivity index (χ0v) is 17.2. The molecule has 30 heavy (non-hydrogen) atoms. The molecular weight excluding hydrogens is 380 g/mol. The Morgan fingerprint density at radius 3 is 2.37 bits per heavy atom. The van der Waals surface area contributed by atoms with E-state index in [0.29, 0.717) is 11.3 Å². The first kappa shape index (κ1) is 21.4. The molecule has 7 heteroatoms. The van der Waals surface area contributed by atoms with Gasteiger partial charge in [0.2, 0.25) is 17.7 Å². The summed E-state index contributed by atoms with van der Waals surface area (Å²) in [6.07, 6.45) is 3.43. The molecule has 0 aromatic heterocycles. The second kappa shape index (κ2) is 9.91. The molecule has 1 heterocycles. The van der Waals surface area contributed by atoms with Gasteiger partial charge < -0.3 is 21.3 Å². The van der Waals surface area contributed by atoms with Gasteiger partial charge >= 0.3 is 0 Å². The quantitative estimate of drug-likeness (QED) is 0.655. The fourth-order valence-corrected chi connectivity index (χ4v) is 3.77. The Bertz CT molecular complexity index is 908. The van der Waals surface area contributed by atoms with Gasteiger partial charge in [-0.05, 0) is 43.0 Å². The Labute approximate surface area is 176 Å². The van der Waals surface area contributed by atoms with Crippen molar-refractivity contribution < 1.29 is 14.4 Å². The van der Waals surface area contributed by atoms with Gasteiger partial charge in [0.25, 0.3) is 0 Å². The van der Waals surface area contributed by atoms with E-state index in [1.807, 2.05) is 36.4 Å². The van der Waals surface area contributed by atoms with Gasteiger partial charge in [-0.2, -0.15) is 0 Å². The molecule has 158 valence electrons. The number of benzene rings is 2. The van der Waals surface area contributed by atoms with E-state index in [1.165, 1.54) is 13.3 Å². The summed E-state index contributed by atoms with van der Waals surface area (Å²) in [5.74, 6) is -1.00. The maximum Gasteiger partial charge on any atom is 0.248 e. The van der Waals surface area contributed by atoms with Gasteiger partial charge in [0.1, 0.15) is 0 Å². The third kappa shape index (κ3) is 5.59. The lowest BCUT2D eigenvalue weighted by Gasteiger charge is -2.31. The minimum atomic E-state index is -0.545. The summed E-state index contributed by atoms with van der Waals surface area (Å²) >= 11 is 0. The Kier molecular flexibility index (Phi) is 7.06. The van der Waals surface area contributed by atoms with Crippen LogP contribution in [0.3, 0.4) is 0 Å². The number of anilines is 2. The Morgan fingerprint density at radius 2 is 1.73 bits per heavy atom. The second-order valence-corrected chi connectivity index (χ2v) is 7.56. The fourth-order valence-electron chi connectivity index (χ4n) is 3.77. The zero-order chi connectivity index (χ0) is 21.5. The van der Waals surface area contributed by atoms with Gasteiger partial charge in [0, 0.05) is 25.6 Å². The third-order valence-electron chi connectivity index (χ3n) is 5.22. The molecule has 4 N–H and O–H groups in total. The molecule has 0 radical (unpaired) electrons.